The number of ketones is 1. The van der Waals surface area contributed by atoms with Crippen LogP contribution in [0.2, 0.25) is 0 Å². The molecule has 0 radical (unpaired) electrons. The summed E-state index contributed by atoms with van der Waals surface area (Å²) in [6.45, 7) is 3.58. The Morgan fingerprint density at radius 3 is 2.70 bits per heavy atom. The summed E-state index contributed by atoms with van der Waals surface area (Å²) in [5.74, 6) is -0.616. The van der Waals surface area contributed by atoms with Gasteiger partial charge in [-0.05, 0) is 26.0 Å². The zero-order valence-electron chi connectivity index (χ0n) is 11.4. The van der Waals surface area contributed by atoms with Crippen molar-refractivity contribution >= 4 is 16.8 Å². The maximum absolute atomic E-state index is 13.6. The number of para-hydroxylation sites is 1. The van der Waals surface area contributed by atoms with E-state index in [0.717, 1.165) is 5.69 Å². The Bertz CT molecular complexity index is 830. The summed E-state index contributed by atoms with van der Waals surface area (Å²) in [6, 6.07) is 6.16. The van der Waals surface area contributed by atoms with E-state index in [2.05, 4.69) is 5.10 Å². The number of hydrogen-bond acceptors (Lipinski definition) is 3. The molecule has 5 heteroatoms. The second kappa shape index (κ2) is 4.30. The van der Waals surface area contributed by atoms with Crippen molar-refractivity contribution in [1.82, 2.24) is 9.78 Å². The van der Waals surface area contributed by atoms with Gasteiger partial charge in [-0.25, -0.2) is 4.39 Å². The van der Waals surface area contributed by atoms with E-state index in [-0.39, 0.29) is 17.1 Å². The zero-order valence-corrected chi connectivity index (χ0v) is 11.4. The standard InChI is InChI=1S/C15H13FN2O2/c1-8-13(9(2)18(3)17-8)14(19)12-7-10-5-4-6-11(16)15(10)20-12/h4-7H,1-3H3. The third-order valence-electron chi connectivity index (χ3n) is 3.46. The van der Waals surface area contributed by atoms with E-state index >= 15 is 0 Å². The highest BCUT2D eigenvalue weighted by atomic mass is 19.1. The van der Waals surface area contributed by atoms with Crippen molar-refractivity contribution in [3.8, 4) is 0 Å². The number of furan rings is 1. The Morgan fingerprint density at radius 1 is 1.35 bits per heavy atom. The van der Waals surface area contributed by atoms with Gasteiger partial charge in [0.15, 0.2) is 17.2 Å². The molecule has 2 aromatic heterocycles. The van der Waals surface area contributed by atoms with E-state index in [1.54, 1.807) is 36.9 Å². The number of hydrogen-bond donors (Lipinski definition) is 0. The molecule has 3 rings (SSSR count). The van der Waals surface area contributed by atoms with Gasteiger partial charge in [-0.1, -0.05) is 12.1 Å². The molecule has 1 aromatic carbocycles. The first kappa shape index (κ1) is 12.6. The minimum absolute atomic E-state index is 0.107. The van der Waals surface area contributed by atoms with Crippen LogP contribution >= 0.6 is 0 Å². The van der Waals surface area contributed by atoms with Crippen molar-refractivity contribution < 1.29 is 13.6 Å². The van der Waals surface area contributed by atoms with Crippen LogP contribution in [-0.4, -0.2) is 15.6 Å². The third-order valence-corrected chi connectivity index (χ3v) is 3.46. The number of aromatic nitrogens is 2. The summed E-state index contributed by atoms with van der Waals surface area (Å²) in [5.41, 5.74) is 2.01. The molecule has 0 unspecified atom stereocenters. The predicted octanol–water partition coefficient (Wildman–Crippen LogP) is 3.15. The van der Waals surface area contributed by atoms with E-state index in [9.17, 15) is 9.18 Å². The zero-order chi connectivity index (χ0) is 14.4. The molecular weight excluding hydrogens is 259 g/mol. The Kier molecular flexibility index (Phi) is 2.71. The van der Waals surface area contributed by atoms with Crippen LogP contribution in [0.15, 0.2) is 28.7 Å². The first-order valence-corrected chi connectivity index (χ1v) is 6.22. The molecule has 0 spiro atoms. The quantitative estimate of drug-likeness (QED) is 0.673. The summed E-state index contributed by atoms with van der Waals surface area (Å²) in [4.78, 5) is 12.5. The molecule has 0 aliphatic rings. The highest BCUT2D eigenvalue weighted by molar-refractivity contribution is 6.10. The molecule has 0 aliphatic heterocycles. The molecule has 0 fully saturated rings. The lowest BCUT2D eigenvalue weighted by atomic mass is 10.1. The highest BCUT2D eigenvalue weighted by Gasteiger charge is 2.22. The van der Waals surface area contributed by atoms with E-state index in [4.69, 9.17) is 4.42 Å². The third kappa shape index (κ3) is 1.74. The van der Waals surface area contributed by atoms with Crippen LogP contribution in [0, 0.1) is 19.7 Å². The lowest BCUT2D eigenvalue weighted by molar-refractivity contribution is 0.101. The van der Waals surface area contributed by atoms with Gasteiger partial charge in [-0.3, -0.25) is 9.48 Å². The van der Waals surface area contributed by atoms with Gasteiger partial charge in [0.2, 0.25) is 5.78 Å². The van der Waals surface area contributed by atoms with Gasteiger partial charge in [0, 0.05) is 18.1 Å². The second-order valence-electron chi connectivity index (χ2n) is 4.77. The SMILES string of the molecule is Cc1nn(C)c(C)c1C(=O)c1cc2cccc(F)c2o1. The molecule has 3 aromatic rings. The fraction of sp³-hybridized carbons (Fsp3) is 0.200. The molecule has 0 aliphatic carbocycles. The van der Waals surface area contributed by atoms with E-state index in [0.29, 0.717) is 16.6 Å². The lowest BCUT2D eigenvalue weighted by Gasteiger charge is -1.98. The summed E-state index contributed by atoms with van der Waals surface area (Å²) in [7, 11) is 1.78. The number of halogens is 1. The maximum atomic E-state index is 13.6. The van der Waals surface area contributed by atoms with Gasteiger partial charge in [0.05, 0.1) is 11.3 Å². The van der Waals surface area contributed by atoms with Gasteiger partial charge >= 0.3 is 0 Å². The normalized spacial score (nSPS) is 11.2. The largest absolute Gasteiger partial charge is 0.449 e. The summed E-state index contributed by atoms with van der Waals surface area (Å²) >= 11 is 0. The smallest absolute Gasteiger partial charge is 0.231 e. The molecular formula is C15H13FN2O2. The fourth-order valence-electron chi connectivity index (χ4n) is 2.36. The molecule has 0 amide bonds. The van der Waals surface area contributed by atoms with Crippen LogP contribution in [0.3, 0.4) is 0 Å². The van der Waals surface area contributed by atoms with Crippen molar-refractivity contribution in [3.05, 3.63) is 52.8 Å². The topological polar surface area (TPSA) is 48.0 Å². The molecule has 2 heterocycles. The Balaban J connectivity index is 2.15. The lowest BCUT2D eigenvalue weighted by Crippen LogP contribution is -2.03. The van der Waals surface area contributed by atoms with Gasteiger partial charge < -0.3 is 4.42 Å². The predicted molar refractivity (Wildman–Crippen MR) is 72.3 cm³/mol. The van der Waals surface area contributed by atoms with Crippen molar-refractivity contribution in [2.45, 2.75) is 13.8 Å². The number of fused-ring (bicyclic) bond motifs is 1. The molecule has 4 nitrogen and oxygen atoms in total. The molecule has 0 atom stereocenters. The molecule has 102 valence electrons. The van der Waals surface area contributed by atoms with Crippen molar-refractivity contribution in [2.24, 2.45) is 7.05 Å². The summed E-state index contributed by atoms with van der Waals surface area (Å²) in [5, 5.41) is 4.79. The van der Waals surface area contributed by atoms with Crippen molar-refractivity contribution in [2.75, 3.05) is 0 Å². The molecule has 0 bridgehead atoms. The van der Waals surface area contributed by atoms with E-state index in [1.165, 1.54) is 6.07 Å². The van der Waals surface area contributed by atoms with E-state index in [1.807, 2.05) is 6.92 Å². The minimum Gasteiger partial charge on any atom is -0.449 e. The fourth-order valence-corrected chi connectivity index (χ4v) is 2.36. The molecule has 0 N–H and O–H groups in total. The number of benzene rings is 1. The van der Waals surface area contributed by atoms with Gasteiger partial charge in [-0.15, -0.1) is 0 Å². The van der Waals surface area contributed by atoms with Crippen LogP contribution in [-0.2, 0) is 7.05 Å². The number of rotatable bonds is 2. The van der Waals surface area contributed by atoms with Crippen LogP contribution < -0.4 is 0 Å². The monoisotopic (exact) mass is 272 g/mol. The summed E-state index contributed by atoms with van der Waals surface area (Å²) < 4.78 is 20.6. The van der Waals surface area contributed by atoms with Gasteiger partial charge in [0.25, 0.3) is 0 Å². The van der Waals surface area contributed by atoms with Crippen molar-refractivity contribution in [3.63, 3.8) is 0 Å². The Hall–Kier alpha value is -2.43. The van der Waals surface area contributed by atoms with Crippen LogP contribution in [0.25, 0.3) is 11.0 Å². The van der Waals surface area contributed by atoms with E-state index < -0.39 is 5.82 Å². The second-order valence-corrected chi connectivity index (χ2v) is 4.77. The van der Waals surface area contributed by atoms with Crippen LogP contribution in [0.5, 0.6) is 0 Å². The number of carbonyl (C=O) groups is 1. The summed E-state index contributed by atoms with van der Waals surface area (Å²) in [6.07, 6.45) is 0. The maximum Gasteiger partial charge on any atom is 0.231 e. The van der Waals surface area contributed by atoms with Crippen LogP contribution in [0.4, 0.5) is 4.39 Å². The first-order chi connectivity index (χ1) is 9.49. The molecule has 0 saturated heterocycles. The van der Waals surface area contributed by atoms with Crippen LogP contribution in [0.1, 0.15) is 27.5 Å². The van der Waals surface area contributed by atoms with Gasteiger partial charge in [0.1, 0.15) is 0 Å². The van der Waals surface area contributed by atoms with Gasteiger partial charge in [-0.2, -0.15) is 5.10 Å². The number of carbonyl (C=O) groups excluding carboxylic acids is 1. The molecule has 0 saturated carbocycles. The Labute approximate surface area is 114 Å². The Morgan fingerprint density at radius 2 is 2.10 bits per heavy atom. The van der Waals surface area contributed by atoms with Crippen molar-refractivity contribution in [1.29, 1.82) is 0 Å². The number of aryl methyl sites for hydroxylation is 2. The first-order valence-electron chi connectivity index (χ1n) is 6.22. The highest BCUT2D eigenvalue weighted by Crippen LogP contribution is 2.25. The average Bonchev–Trinajstić information content (AvgIpc) is 2.93. The number of nitrogens with zero attached hydrogens (tertiary/aromatic N) is 2. The molecule has 20 heavy (non-hydrogen) atoms. The minimum atomic E-state index is -0.471. The average molecular weight is 272 g/mol.